The summed E-state index contributed by atoms with van der Waals surface area (Å²) >= 11 is 0. The molecule has 2 fully saturated rings. The van der Waals surface area contributed by atoms with Gasteiger partial charge in [0.05, 0.1) is 12.2 Å². The minimum absolute atomic E-state index is 0. The number of nitrogens with one attached hydrogen (secondary N) is 1. The van der Waals surface area contributed by atoms with Crippen molar-refractivity contribution in [2.45, 2.75) is 70.1 Å². The first kappa shape index (κ1) is 26.2. The van der Waals surface area contributed by atoms with Crippen molar-refractivity contribution in [2.24, 2.45) is 4.99 Å². The summed E-state index contributed by atoms with van der Waals surface area (Å²) in [5.74, 6) is 1.96. The van der Waals surface area contributed by atoms with Gasteiger partial charge in [-0.1, -0.05) is 18.6 Å². The highest BCUT2D eigenvalue weighted by Gasteiger charge is 2.21. The first-order chi connectivity index (χ1) is 14.8. The largest absolute Gasteiger partial charge is 0.490 e. The molecule has 1 aliphatic heterocycles. The van der Waals surface area contributed by atoms with E-state index in [1.165, 1.54) is 37.7 Å². The molecular formula is C24H40IN3O3. The second-order valence-corrected chi connectivity index (χ2v) is 8.33. The third-order valence-electron chi connectivity index (χ3n) is 6.03. The molecule has 1 heterocycles. The Bertz CT molecular complexity index is 627. The van der Waals surface area contributed by atoms with E-state index >= 15 is 0 Å². The summed E-state index contributed by atoms with van der Waals surface area (Å²) in [4.78, 5) is 6.81. The third kappa shape index (κ3) is 9.14. The van der Waals surface area contributed by atoms with Gasteiger partial charge in [0.15, 0.2) is 5.96 Å². The fraction of sp³-hybridized carbons (Fsp3) is 0.708. The molecule has 0 unspecified atom stereocenters. The van der Waals surface area contributed by atoms with Gasteiger partial charge < -0.3 is 24.4 Å². The SMILES string of the molecule is CN=C(NCc1ccc(OC2CCCCC2)cc1)N1CCC(OCCCOC)CC1.I. The summed E-state index contributed by atoms with van der Waals surface area (Å²) in [7, 11) is 3.59. The number of benzene rings is 1. The van der Waals surface area contributed by atoms with Crippen LogP contribution in [-0.2, 0) is 16.0 Å². The number of rotatable bonds is 9. The van der Waals surface area contributed by atoms with Crippen molar-refractivity contribution in [3.05, 3.63) is 29.8 Å². The molecule has 1 N–H and O–H groups in total. The normalized spacial score (nSPS) is 18.5. The molecule has 3 rings (SSSR count). The van der Waals surface area contributed by atoms with Gasteiger partial charge >= 0.3 is 0 Å². The maximum Gasteiger partial charge on any atom is 0.193 e. The summed E-state index contributed by atoms with van der Waals surface area (Å²) in [6, 6.07) is 8.50. The van der Waals surface area contributed by atoms with E-state index in [9.17, 15) is 0 Å². The van der Waals surface area contributed by atoms with Gasteiger partial charge in [0.1, 0.15) is 5.75 Å². The van der Waals surface area contributed by atoms with Gasteiger partial charge in [-0.05, 0) is 62.6 Å². The molecule has 7 heteroatoms. The Hall–Kier alpha value is -1.06. The van der Waals surface area contributed by atoms with Gasteiger partial charge in [-0.2, -0.15) is 0 Å². The second-order valence-electron chi connectivity index (χ2n) is 8.33. The molecular weight excluding hydrogens is 505 g/mol. The molecule has 1 saturated heterocycles. The van der Waals surface area contributed by atoms with Crippen LogP contribution in [0.15, 0.2) is 29.3 Å². The topological polar surface area (TPSA) is 55.3 Å². The highest BCUT2D eigenvalue weighted by molar-refractivity contribution is 14.0. The van der Waals surface area contributed by atoms with Crippen LogP contribution < -0.4 is 10.1 Å². The minimum Gasteiger partial charge on any atom is -0.490 e. The van der Waals surface area contributed by atoms with Crippen molar-refractivity contribution in [1.29, 1.82) is 0 Å². The number of hydrogen-bond acceptors (Lipinski definition) is 4. The number of guanidine groups is 1. The molecule has 1 aromatic rings. The lowest BCUT2D eigenvalue weighted by atomic mass is 9.98. The van der Waals surface area contributed by atoms with Gasteiger partial charge in [0, 0.05) is 47.0 Å². The van der Waals surface area contributed by atoms with Crippen LogP contribution in [0.5, 0.6) is 5.75 Å². The van der Waals surface area contributed by atoms with Crippen molar-refractivity contribution in [2.75, 3.05) is 40.5 Å². The number of halogens is 1. The van der Waals surface area contributed by atoms with Crippen LogP contribution in [0.1, 0.15) is 56.9 Å². The maximum atomic E-state index is 6.13. The summed E-state index contributed by atoms with van der Waals surface area (Å²) in [5, 5.41) is 3.51. The molecule has 176 valence electrons. The van der Waals surface area contributed by atoms with Crippen LogP contribution in [-0.4, -0.2) is 63.5 Å². The van der Waals surface area contributed by atoms with Crippen LogP contribution in [0.25, 0.3) is 0 Å². The molecule has 0 spiro atoms. The molecule has 0 bridgehead atoms. The van der Waals surface area contributed by atoms with E-state index in [4.69, 9.17) is 14.2 Å². The average Bonchev–Trinajstić information content (AvgIpc) is 2.80. The van der Waals surface area contributed by atoms with Gasteiger partial charge in [-0.3, -0.25) is 4.99 Å². The zero-order valence-corrected chi connectivity index (χ0v) is 21.5. The molecule has 1 aliphatic carbocycles. The van der Waals surface area contributed by atoms with Crippen molar-refractivity contribution >= 4 is 29.9 Å². The van der Waals surface area contributed by atoms with E-state index in [-0.39, 0.29) is 24.0 Å². The zero-order chi connectivity index (χ0) is 21.0. The predicted octanol–water partition coefficient (Wildman–Crippen LogP) is 4.61. The van der Waals surface area contributed by atoms with E-state index in [1.54, 1.807) is 7.11 Å². The average molecular weight is 546 g/mol. The highest BCUT2D eigenvalue weighted by atomic mass is 127. The first-order valence-electron chi connectivity index (χ1n) is 11.6. The van der Waals surface area contributed by atoms with Crippen molar-refractivity contribution in [3.63, 3.8) is 0 Å². The third-order valence-corrected chi connectivity index (χ3v) is 6.03. The second kappa shape index (κ2) is 14.9. The van der Waals surface area contributed by atoms with Crippen molar-refractivity contribution in [3.8, 4) is 5.75 Å². The molecule has 0 amide bonds. The smallest absolute Gasteiger partial charge is 0.193 e. The van der Waals surface area contributed by atoms with E-state index in [0.29, 0.717) is 12.2 Å². The Balaban J connectivity index is 0.00000341. The summed E-state index contributed by atoms with van der Waals surface area (Å²) < 4.78 is 17.2. The number of piperidine rings is 1. The fourth-order valence-electron chi connectivity index (χ4n) is 4.26. The minimum atomic E-state index is 0. The van der Waals surface area contributed by atoms with Crippen molar-refractivity contribution < 1.29 is 14.2 Å². The molecule has 0 aromatic heterocycles. The predicted molar refractivity (Wildman–Crippen MR) is 137 cm³/mol. The van der Waals surface area contributed by atoms with Crippen LogP contribution in [0, 0.1) is 0 Å². The lowest BCUT2D eigenvalue weighted by Gasteiger charge is -2.34. The molecule has 31 heavy (non-hydrogen) atoms. The van der Waals surface area contributed by atoms with E-state index in [1.807, 2.05) is 7.05 Å². The van der Waals surface area contributed by atoms with E-state index in [0.717, 1.165) is 63.8 Å². The van der Waals surface area contributed by atoms with Gasteiger partial charge in [0.25, 0.3) is 0 Å². The Labute approximate surface area is 205 Å². The van der Waals surface area contributed by atoms with Crippen LogP contribution >= 0.6 is 24.0 Å². The first-order valence-corrected chi connectivity index (χ1v) is 11.6. The van der Waals surface area contributed by atoms with Gasteiger partial charge in [-0.15, -0.1) is 24.0 Å². The maximum absolute atomic E-state index is 6.13. The number of likely N-dealkylation sites (tertiary alicyclic amines) is 1. The quantitative estimate of drug-likeness (QED) is 0.213. The van der Waals surface area contributed by atoms with E-state index < -0.39 is 0 Å². The summed E-state index contributed by atoms with van der Waals surface area (Å²) in [6.45, 7) is 4.27. The number of nitrogens with zero attached hydrogens (tertiary/aromatic N) is 2. The lowest BCUT2D eigenvalue weighted by Crippen LogP contribution is -2.46. The van der Waals surface area contributed by atoms with Gasteiger partial charge in [-0.25, -0.2) is 0 Å². The van der Waals surface area contributed by atoms with Crippen LogP contribution in [0.4, 0.5) is 0 Å². The molecule has 1 aromatic carbocycles. The van der Waals surface area contributed by atoms with Crippen LogP contribution in [0.2, 0.25) is 0 Å². The molecule has 2 aliphatic rings. The van der Waals surface area contributed by atoms with Crippen molar-refractivity contribution in [1.82, 2.24) is 10.2 Å². The number of ether oxygens (including phenoxy) is 3. The summed E-state index contributed by atoms with van der Waals surface area (Å²) in [5.41, 5.74) is 1.24. The Morgan fingerprint density at radius 3 is 2.35 bits per heavy atom. The van der Waals surface area contributed by atoms with Gasteiger partial charge in [0.2, 0.25) is 0 Å². The molecule has 0 atom stereocenters. The Morgan fingerprint density at radius 2 is 1.71 bits per heavy atom. The number of hydrogen-bond donors (Lipinski definition) is 1. The standard InChI is InChI=1S/C24H39N3O3.HI/c1-25-24(27-15-13-21(14-16-27)29-18-6-17-28-2)26-19-20-9-11-23(12-10-20)30-22-7-4-3-5-8-22;/h9-12,21-22H,3-8,13-19H2,1-2H3,(H,25,26);1H. The van der Waals surface area contributed by atoms with E-state index in [2.05, 4.69) is 39.5 Å². The zero-order valence-electron chi connectivity index (χ0n) is 19.2. The Kier molecular flexibility index (Phi) is 12.6. The Morgan fingerprint density at radius 1 is 1.00 bits per heavy atom. The monoisotopic (exact) mass is 545 g/mol. The molecule has 1 saturated carbocycles. The molecule has 6 nitrogen and oxygen atoms in total. The summed E-state index contributed by atoms with van der Waals surface area (Å²) in [6.07, 6.45) is 10.1. The lowest BCUT2D eigenvalue weighted by molar-refractivity contribution is 0.00989. The number of methoxy groups -OCH3 is 1. The van der Waals surface area contributed by atoms with Crippen LogP contribution in [0.3, 0.4) is 0 Å². The molecule has 0 radical (unpaired) electrons. The fourth-order valence-corrected chi connectivity index (χ4v) is 4.26. The highest BCUT2D eigenvalue weighted by Crippen LogP contribution is 2.23. The number of aliphatic imine (C=N–C) groups is 1.